The number of amides is 1. The summed E-state index contributed by atoms with van der Waals surface area (Å²) >= 11 is 0. The first-order valence-corrected chi connectivity index (χ1v) is 6.69. The van der Waals surface area contributed by atoms with E-state index in [-0.39, 0.29) is 23.8 Å². The Hall–Kier alpha value is -0.610. The zero-order chi connectivity index (χ0) is 12.6. The minimum atomic E-state index is -0.652. The van der Waals surface area contributed by atoms with E-state index in [1.807, 2.05) is 18.7 Å². The fourth-order valence-electron chi connectivity index (χ4n) is 2.76. The van der Waals surface area contributed by atoms with Crippen molar-refractivity contribution < 1.29 is 9.90 Å². The van der Waals surface area contributed by atoms with Gasteiger partial charge in [0.05, 0.1) is 13.1 Å². The van der Waals surface area contributed by atoms with Gasteiger partial charge < -0.3 is 15.7 Å². The van der Waals surface area contributed by atoms with Gasteiger partial charge in [0.2, 0.25) is 5.91 Å². The number of hydrogen-bond donors (Lipinski definition) is 2. The lowest BCUT2D eigenvalue weighted by Gasteiger charge is -2.50. The smallest absolute Gasteiger partial charge is 0.225 e. The van der Waals surface area contributed by atoms with Gasteiger partial charge in [-0.1, -0.05) is 13.8 Å². The molecule has 1 aliphatic carbocycles. The highest BCUT2D eigenvalue weighted by Crippen LogP contribution is 2.32. The second-order valence-electron chi connectivity index (χ2n) is 6.06. The second-order valence-corrected chi connectivity index (χ2v) is 6.06. The molecule has 3 N–H and O–H groups in total. The molecule has 4 heteroatoms. The van der Waals surface area contributed by atoms with Crippen LogP contribution < -0.4 is 5.73 Å². The average molecular weight is 240 g/mol. The van der Waals surface area contributed by atoms with Gasteiger partial charge in [0.15, 0.2) is 0 Å². The van der Waals surface area contributed by atoms with E-state index in [2.05, 4.69) is 0 Å². The molecule has 0 bridgehead atoms. The predicted molar refractivity (Wildman–Crippen MR) is 66.3 cm³/mol. The summed E-state index contributed by atoms with van der Waals surface area (Å²) < 4.78 is 0. The Labute approximate surface area is 103 Å². The molecule has 2 fully saturated rings. The topological polar surface area (TPSA) is 66.6 Å². The zero-order valence-electron chi connectivity index (χ0n) is 10.9. The number of likely N-dealkylation sites (tertiary alicyclic amines) is 1. The third-order valence-corrected chi connectivity index (χ3v) is 4.44. The largest absolute Gasteiger partial charge is 0.386 e. The zero-order valence-corrected chi connectivity index (χ0v) is 10.9. The summed E-state index contributed by atoms with van der Waals surface area (Å²) in [6.07, 6.45) is 3.74. The second kappa shape index (κ2) is 4.58. The number of aliphatic hydroxyl groups is 1. The average Bonchev–Trinajstić information content (AvgIpc) is 2.24. The number of carbonyl (C=O) groups excluding carboxylic acids is 1. The molecule has 0 radical (unpaired) electrons. The Kier molecular flexibility index (Phi) is 3.46. The third kappa shape index (κ3) is 2.47. The summed E-state index contributed by atoms with van der Waals surface area (Å²) in [6.45, 7) is 5.01. The van der Waals surface area contributed by atoms with Gasteiger partial charge in [0.25, 0.3) is 0 Å². The lowest BCUT2D eigenvalue weighted by atomic mass is 9.80. The normalized spacial score (nSPS) is 32.4. The number of hydrogen-bond acceptors (Lipinski definition) is 3. The van der Waals surface area contributed by atoms with Crippen LogP contribution in [0.25, 0.3) is 0 Å². The molecule has 0 spiro atoms. The quantitative estimate of drug-likeness (QED) is 0.748. The van der Waals surface area contributed by atoms with Gasteiger partial charge in [-0.05, 0) is 31.6 Å². The van der Waals surface area contributed by atoms with Crippen LogP contribution in [0.3, 0.4) is 0 Å². The molecule has 1 saturated heterocycles. The number of nitrogens with two attached hydrogens (primary N) is 1. The van der Waals surface area contributed by atoms with Gasteiger partial charge in [0.1, 0.15) is 5.60 Å². The summed E-state index contributed by atoms with van der Waals surface area (Å²) in [5, 5.41) is 10.1. The van der Waals surface area contributed by atoms with Gasteiger partial charge in [0, 0.05) is 12.0 Å². The van der Waals surface area contributed by atoms with Crippen LogP contribution in [0.4, 0.5) is 0 Å². The third-order valence-electron chi connectivity index (χ3n) is 4.44. The lowest BCUT2D eigenvalue weighted by molar-refractivity contribution is -0.168. The van der Waals surface area contributed by atoms with Crippen LogP contribution in [0, 0.1) is 11.8 Å². The fourth-order valence-corrected chi connectivity index (χ4v) is 2.76. The molecular formula is C13H24N2O2. The molecule has 2 aliphatic rings. The molecule has 1 saturated carbocycles. The SMILES string of the molecule is CC(C)C1(O)CN(C(=O)C2CCC(N)CC2)C1. The van der Waals surface area contributed by atoms with E-state index in [4.69, 9.17) is 5.73 Å². The molecule has 0 atom stereocenters. The molecule has 98 valence electrons. The van der Waals surface area contributed by atoms with E-state index in [9.17, 15) is 9.90 Å². The van der Waals surface area contributed by atoms with E-state index in [1.165, 1.54) is 0 Å². The summed E-state index contributed by atoms with van der Waals surface area (Å²) in [7, 11) is 0. The molecular weight excluding hydrogens is 216 g/mol. The Balaban J connectivity index is 1.83. The molecule has 1 heterocycles. The van der Waals surface area contributed by atoms with Gasteiger partial charge in [-0.25, -0.2) is 0 Å². The van der Waals surface area contributed by atoms with E-state index in [0.29, 0.717) is 13.1 Å². The summed E-state index contributed by atoms with van der Waals surface area (Å²) in [5.74, 6) is 0.583. The van der Waals surface area contributed by atoms with Gasteiger partial charge in [-0.2, -0.15) is 0 Å². The van der Waals surface area contributed by atoms with Gasteiger partial charge in [-0.3, -0.25) is 4.79 Å². The summed E-state index contributed by atoms with van der Waals surface area (Å²) in [6, 6.07) is 0.281. The van der Waals surface area contributed by atoms with Crippen molar-refractivity contribution in [2.24, 2.45) is 17.6 Å². The molecule has 0 unspecified atom stereocenters. The Morgan fingerprint density at radius 1 is 1.29 bits per heavy atom. The van der Waals surface area contributed by atoms with Crippen LogP contribution in [0.15, 0.2) is 0 Å². The van der Waals surface area contributed by atoms with Crippen molar-refractivity contribution in [2.45, 2.75) is 51.2 Å². The van der Waals surface area contributed by atoms with Crippen LogP contribution >= 0.6 is 0 Å². The molecule has 4 nitrogen and oxygen atoms in total. The molecule has 0 aromatic heterocycles. The van der Waals surface area contributed by atoms with E-state index < -0.39 is 5.60 Å². The van der Waals surface area contributed by atoms with Crippen molar-refractivity contribution in [2.75, 3.05) is 13.1 Å². The molecule has 0 aromatic carbocycles. The van der Waals surface area contributed by atoms with Crippen LogP contribution in [0.5, 0.6) is 0 Å². The number of rotatable bonds is 2. The standard InChI is InChI=1S/C13H24N2O2/c1-9(2)13(17)7-15(8-13)12(16)10-3-5-11(14)6-4-10/h9-11,17H,3-8,14H2,1-2H3. The number of carbonyl (C=O) groups is 1. The van der Waals surface area contributed by atoms with Gasteiger partial charge >= 0.3 is 0 Å². The number of nitrogens with zero attached hydrogens (tertiary/aromatic N) is 1. The van der Waals surface area contributed by atoms with Crippen LogP contribution in [0.2, 0.25) is 0 Å². The fraction of sp³-hybridized carbons (Fsp3) is 0.923. The predicted octanol–water partition coefficient (Wildman–Crippen LogP) is 0.733. The van der Waals surface area contributed by atoms with Crippen LogP contribution in [0.1, 0.15) is 39.5 Å². The minimum absolute atomic E-state index is 0.145. The van der Waals surface area contributed by atoms with Crippen LogP contribution in [-0.4, -0.2) is 40.6 Å². The minimum Gasteiger partial charge on any atom is -0.386 e. The maximum absolute atomic E-state index is 12.2. The highest BCUT2D eigenvalue weighted by atomic mass is 16.3. The van der Waals surface area contributed by atoms with E-state index >= 15 is 0 Å². The molecule has 2 rings (SSSR count). The molecule has 1 amide bonds. The lowest BCUT2D eigenvalue weighted by Crippen LogP contribution is -2.66. The maximum Gasteiger partial charge on any atom is 0.225 e. The van der Waals surface area contributed by atoms with E-state index in [1.54, 1.807) is 0 Å². The molecule has 1 aliphatic heterocycles. The van der Waals surface area contributed by atoms with Gasteiger partial charge in [-0.15, -0.1) is 0 Å². The first kappa shape index (κ1) is 12.8. The first-order chi connectivity index (χ1) is 7.92. The van der Waals surface area contributed by atoms with Crippen molar-refractivity contribution in [3.05, 3.63) is 0 Å². The maximum atomic E-state index is 12.2. The Morgan fingerprint density at radius 3 is 2.29 bits per heavy atom. The number of β-amino-alcohol motifs (C(OH)–C–C–N with tert-alkyl or cyclic N) is 1. The first-order valence-electron chi connectivity index (χ1n) is 6.69. The molecule has 17 heavy (non-hydrogen) atoms. The molecule has 0 aromatic rings. The highest BCUT2D eigenvalue weighted by Gasteiger charge is 2.47. The van der Waals surface area contributed by atoms with Crippen molar-refractivity contribution in [3.8, 4) is 0 Å². The van der Waals surface area contributed by atoms with E-state index in [0.717, 1.165) is 25.7 Å². The summed E-state index contributed by atoms with van der Waals surface area (Å²) in [4.78, 5) is 14.0. The van der Waals surface area contributed by atoms with Crippen molar-refractivity contribution in [1.29, 1.82) is 0 Å². The van der Waals surface area contributed by atoms with Crippen molar-refractivity contribution in [3.63, 3.8) is 0 Å². The summed E-state index contributed by atoms with van der Waals surface area (Å²) in [5.41, 5.74) is 5.19. The van der Waals surface area contributed by atoms with Crippen molar-refractivity contribution >= 4 is 5.91 Å². The van der Waals surface area contributed by atoms with Crippen LogP contribution in [-0.2, 0) is 4.79 Å². The monoisotopic (exact) mass is 240 g/mol. The Bertz CT molecular complexity index is 290. The highest BCUT2D eigenvalue weighted by molar-refractivity contribution is 5.80. The Morgan fingerprint density at radius 2 is 1.82 bits per heavy atom. The van der Waals surface area contributed by atoms with Crippen molar-refractivity contribution in [1.82, 2.24) is 4.90 Å².